The van der Waals surface area contributed by atoms with Gasteiger partial charge in [-0.25, -0.2) is 9.59 Å². The second kappa shape index (κ2) is 12.5. The number of carbonyl (C=O) groups excluding carboxylic acids is 2. The van der Waals surface area contributed by atoms with E-state index in [1.165, 1.54) is 7.11 Å². The van der Waals surface area contributed by atoms with Crippen LogP contribution in [0, 0.1) is 5.92 Å². The van der Waals surface area contributed by atoms with Gasteiger partial charge in [0, 0.05) is 42.5 Å². The molecule has 2 heterocycles. The summed E-state index contributed by atoms with van der Waals surface area (Å²) in [4.78, 5) is 30.3. The number of carbonyl (C=O) groups is 2. The number of ether oxygens (including phenoxy) is 3. The number of rotatable bonds is 10. The SMILES string of the molecule is COCCOC(=O)C1=C(C)NC(C)=C(C(=O)OC/C=C/c2ccncc2)C1Cc1cccc(N)c1. The van der Waals surface area contributed by atoms with Gasteiger partial charge in [0.2, 0.25) is 0 Å². The number of allylic oxidation sites excluding steroid dienone is 2. The first-order chi connectivity index (χ1) is 16.9. The zero-order valence-corrected chi connectivity index (χ0v) is 20.2. The van der Waals surface area contributed by atoms with Crippen molar-refractivity contribution in [2.45, 2.75) is 20.3 Å². The number of anilines is 1. The van der Waals surface area contributed by atoms with E-state index in [0.29, 0.717) is 34.6 Å². The summed E-state index contributed by atoms with van der Waals surface area (Å²) in [6.45, 7) is 4.06. The molecule has 1 aromatic heterocycles. The van der Waals surface area contributed by atoms with Crippen LogP contribution in [0.4, 0.5) is 5.69 Å². The van der Waals surface area contributed by atoms with E-state index in [4.69, 9.17) is 19.9 Å². The van der Waals surface area contributed by atoms with Gasteiger partial charge < -0.3 is 25.3 Å². The first-order valence-corrected chi connectivity index (χ1v) is 11.3. The number of nitrogens with two attached hydrogens (primary N) is 1. The topological polar surface area (TPSA) is 113 Å². The molecule has 0 bridgehead atoms. The number of hydrogen-bond donors (Lipinski definition) is 2. The second-order valence-corrected chi connectivity index (χ2v) is 8.11. The van der Waals surface area contributed by atoms with Gasteiger partial charge in [0.25, 0.3) is 0 Å². The number of methoxy groups -OCH3 is 1. The van der Waals surface area contributed by atoms with Crippen LogP contribution < -0.4 is 11.1 Å². The van der Waals surface area contributed by atoms with Gasteiger partial charge in [0.05, 0.1) is 17.8 Å². The van der Waals surface area contributed by atoms with E-state index in [0.717, 1.165) is 11.1 Å². The first kappa shape index (κ1) is 25.7. The molecule has 0 spiro atoms. The molecule has 2 aromatic rings. The van der Waals surface area contributed by atoms with Gasteiger partial charge in [0.1, 0.15) is 13.2 Å². The Hall–Kier alpha value is -3.91. The summed E-state index contributed by atoms with van der Waals surface area (Å²) >= 11 is 0. The molecule has 8 heteroatoms. The van der Waals surface area contributed by atoms with Crippen LogP contribution in [-0.4, -0.2) is 43.9 Å². The average Bonchev–Trinajstić information content (AvgIpc) is 2.82. The summed E-state index contributed by atoms with van der Waals surface area (Å²) in [7, 11) is 1.53. The normalized spacial score (nSPS) is 15.8. The molecule has 35 heavy (non-hydrogen) atoms. The Morgan fingerprint density at radius 2 is 1.71 bits per heavy atom. The van der Waals surface area contributed by atoms with E-state index in [9.17, 15) is 9.59 Å². The highest BCUT2D eigenvalue weighted by Crippen LogP contribution is 2.34. The van der Waals surface area contributed by atoms with Crippen molar-refractivity contribution in [1.82, 2.24) is 10.3 Å². The third-order valence-corrected chi connectivity index (χ3v) is 5.56. The molecule has 1 aliphatic heterocycles. The highest BCUT2D eigenvalue weighted by atomic mass is 16.6. The Balaban J connectivity index is 1.84. The Morgan fingerprint density at radius 3 is 2.37 bits per heavy atom. The molecule has 184 valence electrons. The molecule has 0 fully saturated rings. The lowest BCUT2D eigenvalue weighted by Gasteiger charge is -2.30. The molecule has 3 N–H and O–H groups in total. The van der Waals surface area contributed by atoms with Gasteiger partial charge in [-0.2, -0.15) is 0 Å². The van der Waals surface area contributed by atoms with Crippen LogP contribution in [0.15, 0.2) is 77.4 Å². The molecule has 8 nitrogen and oxygen atoms in total. The van der Waals surface area contributed by atoms with E-state index in [1.54, 1.807) is 38.4 Å². The molecule has 0 amide bonds. The maximum atomic E-state index is 13.2. The predicted octanol–water partition coefficient (Wildman–Crippen LogP) is 3.42. The fourth-order valence-electron chi connectivity index (χ4n) is 3.99. The van der Waals surface area contributed by atoms with Crippen LogP contribution in [0.5, 0.6) is 0 Å². The third-order valence-electron chi connectivity index (χ3n) is 5.56. The first-order valence-electron chi connectivity index (χ1n) is 11.3. The minimum atomic E-state index is -0.565. The minimum Gasteiger partial charge on any atom is -0.460 e. The van der Waals surface area contributed by atoms with E-state index < -0.39 is 17.9 Å². The van der Waals surface area contributed by atoms with Crippen molar-refractivity contribution in [3.63, 3.8) is 0 Å². The molecule has 1 unspecified atom stereocenters. The van der Waals surface area contributed by atoms with Crippen molar-refractivity contribution >= 4 is 23.7 Å². The highest BCUT2D eigenvalue weighted by molar-refractivity contribution is 5.98. The average molecular weight is 478 g/mol. The van der Waals surface area contributed by atoms with Crippen LogP contribution >= 0.6 is 0 Å². The van der Waals surface area contributed by atoms with E-state index >= 15 is 0 Å². The Labute approximate surface area is 205 Å². The zero-order chi connectivity index (χ0) is 25.2. The number of benzene rings is 1. The van der Waals surface area contributed by atoms with Gasteiger partial charge in [0.15, 0.2) is 0 Å². The number of nitrogens with one attached hydrogen (secondary N) is 1. The Kier molecular flexibility index (Phi) is 9.20. The van der Waals surface area contributed by atoms with Crippen LogP contribution in [-0.2, 0) is 30.2 Å². The van der Waals surface area contributed by atoms with Crippen LogP contribution in [0.3, 0.4) is 0 Å². The minimum absolute atomic E-state index is 0.0826. The molecule has 1 aliphatic rings. The summed E-state index contributed by atoms with van der Waals surface area (Å²) in [6.07, 6.45) is 7.37. The van der Waals surface area contributed by atoms with Gasteiger partial charge in [-0.3, -0.25) is 4.98 Å². The molecule has 1 aromatic carbocycles. The van der Waals surface area contributed by atoms with Crippen molar-refractivity contribution < 1.29 is 23.8 Å². The zero-order valence-electron chi connectivity index (χ0n) is 20.2. The number of dihydropyridines is 1. The van der Waals surface area contributed by atoms with Gasteiger partial charge in [-0.15, -0.1) is 0 Å². The van der Waals surface area contributed by atoms with E-state index in [2.05, 4.69) is 10.3 Å². The molecule has 0 radical (unpaired) electrons. The molecule has 0 saturated heterocycles. The highest BCUT2D eigenvalue weighted by Gasteiger charge is 2.37. The largest absolute Gasteiger partial charge is 0.460 e. The summed E-state index contributed by atoms with van der Waals surface area (Å²) < 4.78 is 16.0. The smallest absolute Gasteiger partial charge is 0.336 e. The Morgan fingerprint density at radius 1 is 1.03 bits per heavy atom. The second-order valence-electron chi connectivity index (χ2n) is 8.11. The van der Waals surface area contributed by atoms with Crippen molar-refractivity contribution in [3.05, 3.63) is 88.5 Å². The molecule has 0 aliphatic carbocycles. The number of aromatic nitrogens is 1. The predicted molar refractivity (Wildman–Crippen MR) is 134 cm³/mol. The summed E-state index contributed by atoms with van der Waals surface area (Å²) in [5.74, 6) is -1.57. The molecule has 1 atom stereocenters. The van der Waals surface area contributed by atoms with E-state index in [1.807, 2.05) is 36.4 Å². The van der Waals surface area contributed by atoms with Gasteiger partial charge in [-0.1, -0.05) is 18.2 Å². The van der Waals surface area contributed by atoms with Crippen molar-refractivity contribution in [3.8, 4) is 0 Å². The fraction of sp³-hybridized carbons (Fsp3) is 0.296. The lowest BCUT2D eigenvalue weighted by atomic mass is 9.81. The van der Waals surface area contributed by atoms with Crippen molar-refractivity contribution in [1.29, 1.82) is 0 Å². The van der Waals surface area contributed by atoms with Crippen LogP contribution in [0.1, 0.15) is 25.0 Å². The molecule has 3 rings (SSSR count). The lowest BCUT2D eigenvalue weighted by Crippen LogP contribution is -2.35. The maximum Gasteiger partial charge on any atom is 0.336 e. The number of hydrogen-bond acceptors (Lipinski definition) is 8. The standard InChI is InChI=1S/C27H31N3O5/c1-18-24(26(31)34-13-5-7-20-9-11-29-12-10-20)23(17-21-6-4-8-22(28)16-21)25(19(2)30-18)27(32)35-15-14-33-3/h4-12,16,23,30H,13-15,17,28H2,1-3H3/b7-5+. The van der Waals surface area contributed by atoms with Crippen LogP contribution in [0.2, 0.25) is 0 Å². The molecular formula is C27H31N3O5. The number of nitrogen functional groups attached to an aromatic ring is 1. The summed E-state index contributed by atoms with van der Waals surface area (Å²) in [6, 6.07) is 11.1. The summed E-state index contributed by atoms with van der Waals surface area (Å²) in [5.41, 5.74) is 10.4. The maximum absolute atomic E-state index is 13.2. The van der Waals surface area contributed by atoms with Crippen molar-refractivity contribution in [2.24, 2.45) is 5.92 Å². The number of pyridine rings is 1. The van der Waals surface area contributed by atoms with Crippen molar-refractivity contribution in [2.75, 3.05) is 32.7 Å². The lowest BCUT2D eigenvalue weighted by molar-refractivity contribution is -0.141. The van der Waals surface area contributed by atoms with Gasteiger partial charge in [-0.05, 0) is 61.7 Å². The Bertz CT molecular complexity index is 1140. The molecule has 0 saturated carbocycles. The number of nitrogens with zero attached hydrogens (tertiary/aromatic N) is 1. The monoisotopic (exact) mass is 477 g/mol. The quantitative estimate of drug-likeness (QED) is 0.304. The number of esters is 2. The fourth-order valence-corrected chi connectivity index (χ4v) is 3.99. The van der Waals surface area contributed by atoms with Gasteiger partial charge >= 0.3 is 11.9 Å². The summed E-state index contributed by atoms with van der Waals surface area (Å²) in [5, 5.41) is 3.15. The van der Waals surface area contributed by atoms with Crippen LogP contribution in [0.25, 0.3) is 6.08 Å². The third kappa shape index (κ3) is 7.04. The molecular weight excluding hydrogens is 446 g/mol. The van der Waals surface area contributed by atoms with E-state index in [-0.39, 0.29) is 19.8 Å².